The highest BCUT2D eigenvalue weighted by atomic mass is 32.1. The molecule has 1 rings (SSSR count). The topological polar surface area (TPSA) is 24.9 Å². The Hall–Kier alpha value is -0.850. The zero-order chi connectivity index (χ0) is 9.52. The Bertz CT molecular complexity index is 285. The van der Waals surface area contributed by atoms with Crippen LogP contribution < -0.4 is 5.32 Å². The number of hydrogen-bond donors (Lipinski definition) is 1. The van der Waals surface area contributed by atoms with Crippen LogP contribution >= 0.6 is 11.3 Å². The molecule has 0 fully saturated rings. The number of hydrogen-bond acceptors (Lipinski definition) is 3. The van der Waals surface area contributed by atoms with E-state index in [2.05, 4.69) is 16.2 Å². The maximum absolute atomic E-state index is 5.14. The van der Waals surface area contributed by atoms with Gasteiger partial charge in [0, 0.05) is 24.0 Å². The van der Waals surface area contributed by atoms with Crippen LogP contribution in [0.5, 0.6) is 0 Å². The molecule has 0 aliphatic heterocycles. The van der Waals surface area contributed by atoms with Crippen molar-refractivity contribution >= 4 is 11.3 Å². The van der Waals surface area contributed by atoms with Gasteiger partial charge >= 0.3 is 0 Å². The highest BCUT2D eigenvalue weighted by Crippen LogP contribution is 2.10. The fourth-order valence-electron chi connectivity index (χ4n) is 1.01. The Labute approximate surface area is 83.4 Å². The molecule has 1 aromatic rings. The second-order valence-electron chi connectivity index (χ2n) is 2.83. The summed E-state index contributed by atoms with van der Waals surface area (Å²) in [7, 11) is 0. The standard InChI is InChI=1S/C10H14N2S/c1-3-4-5-6-11-7-10-8-12-9(2)13-10/h1,8,11H,4-7H2,2H3. The van der Waals surface area contributed by atoms with Gasteiger partial charge in [0.25, 0.3) is 0 Å². The van der Waals surface area contributed by atoms with E-state index in [1.807, 2.05) is 13.1 Å². The summed E-state index contributed by atoms with van der Waals surface area (Å²) in [5.74, 6) is 2.62. The molecule has 0 aliphatic rings. The number of unbranched alkanes of at least 4 members (excludes halogenated alkanes) is 1. The second kappa shape index (κ2) is 5.74. The summed E-state index contributed by atoms with van der Waals surface area (Å²) in [5.41, 5.74) is 0. The van der Waals surface area contributed by atoms with E-state index in [-0.39, 0.29) is 0 Å². The van der Waals surface area contributed by atoms with Crippen LogP contribution in [0.4, 0.5) is 0 Å². The molecule has 0 radical (unpaired) electrons. The first-order valence-corrected chi connectivity index (χ1v) is 5.20. The van der Waals surface area contributed by atoms with Crippen molar-refractivity contribution in [1.82, 2.24) is 10.3 Å². The van der Waals surface area contributed by atoms with Crippen molar-refractivity contribution in [1.29, 1.82) is 0 Å². The van der Waals surface area contributed by atoms with Gasteiger partial charge in [0.15, 0.2) is 0 Å². The van der Waals surface area contributed by atoms with Gasteiger partial charge in [-0.3, -0.25) is 0 Å². The third-order valence-corrected chi connectivity index (χ3v) is 2.56. The Kier molecular flexibility index (Phi) is 4.52. The summed E-state index contributed by atoms with van der Waals surface area (Å²) < 4.78 is 0. The lowest BCUT2D eigenvalue weighted by molar-refractivity contribution is 0.664. The summed E-state index contributed by atoms with van der Waals surface area (Å²) in [6.45, 7) is 3.92. The lowest BCUT2D eigenvalue weighted by Crippen LogP contribution is -2.13. The molecule has 13 heavy (non-hydrogen) atoms. The van der Waals surface area contributed by atoms with Crippen molar-refractivity contribution in [2.75, 3.05) is 6.54 Å². The molecule has 2 nitrogen and oxygen atoms in total. The molecule has 0 unspecified atom stereocenters. The first-order valence-electron chi connectivity index (χ1n) is 4.38. The van der Waals surface area contributed by atoms with Crippen molar-refractivity contribution in [3.63, 3.8) is 0 Å². The van der Waals surface area contributed by atoms with Crippen LogP contribution in [0, 0.1) is 19.3 Å². The van der Waals surface area contributed by atoms with Crippen molar-refractivity contribution in [3.05, 3.63) is 16.1 Å². The molecule has 0 saturated carbocycles. The molecule has 0 aromatic carbocycles. The van der Waals surface area contributed by atoms with E-state index in [9.17, 15) is 0 Å². The maximum Gasteiger partial charge on any atom is 0.0897 e. The fraction of sp³-hybridized carbons (Fsp3) is 0.500. The summed E-state index contributed by atoms with van der Waals surface area (Å²) in [6, 6.07) is 0. The Morgan fingerprint density at radius 1 is 1.69 bits per heavy atom. The second-order valence-corrected chi connectivity index (χ2v) is 4.15. The Balaban J connectivity index is 2.10. The minimum absolute atomic E-state index is 0.856. The normalized spacial score (nSPS) is 9.85. The SMILES string of the molecule is C#CCCCNCc1cnc(C)s1. The van der Waals surface area contributed by atoms with Gasteiger partial charge < -0.3 is 5.32 Å². The van der Waals surface area contributed by atoms with Crippen LogP contribution in [0.2, 0.25) is 0 Å². The summed E-state index contributed by atoms with van der Waals surface area (Å²) in [6.07, 6.45) is 8.97. The van der Waals surface area contributed by atoms with E-state index in [1.54, 1.807) is 11.3 Å². The molecule has 3 heteroatoms. The smallest absolute Gasteiger partial charge is 0.0897 e. The molecule has 0 aliphatic carbocycles. The Morgan fingerprint density at radius 2 is 2.54 bits per heavy atom. The number of aromatic nitrogens is 1. The molecule has 1 N–H and O–H groups in total. The van der Waals surface area contributed by atoms with Crippen LogP contribution in [-0.2, 0) is 6.54 Å². The van der Waals surface area contributed by atoms with Gasteiger partial charge in [0.1, 0.15) is 0 Å². The van der Waals surface area contributed by atoms with E-state index in [1.165, 1.54) is 4.88 Å². The van der Waals surface area contributed by atoms with Crippen LogP contribution in [0.3, 0.4) is 0 Å². The van der Waals surface area contributed by atoms with Crippen LogP contribution in [0.25, 0.3) is 0 Å². The molecule has 70 valence electrons. The summed E-state index contributed by atoms with van der Waals surface area (Å²) >= 11 is 1.74. The summed E-state index contributed by atoms with van der Waals surface area (Å²) in [5, 5.41) is 4.45. The molecular formula is C10H14N2S. The van der Waals surface area contributed by atoms with E-state index in [0.29, 0.717) is 0 Å². The molecule has 0 spiro atoms. The van der Waals surface area contributed by atoms with E-state index < -0.39 is 0 Å². The quantitative estimate of drug-likeness (QED) is 0.572. The van der Waals surface area contributed by atoms with E-state index in [0.717, 1.165) is 30.9 Å². The van der Waals surface area contributed by atoms with Crippen LogP contribution in [0.1, 0.15) is 22.7 Å². The largest absolute Gasteiger partial charge is 0.312 e. The first kappa shape index (κ1) is 10.2. The van der Waals surface area contributed by atoms with Gasteiger partial charge in [-0.25, -0.2) is 4.98 Å². The third-order valence-electron chi connectivity index (χ3n) is 1.64. The van der Waals surface area contributed by atoms with Crippen molar-refractivity contribution < 1.29 is 0 Å². The molecule has 0 bridgehead atoms. The molecule has 0 saturated heterocycles. The van der Waals surface area contributed by atoms with Crippen molar-refractivity contribution in [3.8, 4) is 12.3 Å². The predicted molar refractivity (Wildman–Crippen MR) is 56.6 cm³/mol. The third kappa shape index (κ3) is 4.07. The average molecular weight is 194 g/mol. The van der Waals surface area contributed by atoms with Gasteiger partial charge in [0.2, 0.25) is 0 Å². The minimum Gasteiger partial charge on any atom is -0.312 e. The Morgan fingerprint density at radius 3 is 3.15 bits per heavy atom. The summed E-state index contributed by atoms with van der Waals surface area (Å²) in [4.78, 5) is 5.47. The minimum atomic E-state index is 0.856. The van der Waals surface area contributed by atoms with E-state index >= 15 is 0 Å². The lowest BCUT2D eigenvalue weighted by Gasteiger charge is -1.99. The average Bonchev–Trinajstić information content (AvgIpc) is 2.51. The van der Waals surface area contributed by atoms with Gasteiger partial charge in [-0.15, -0.1) is 23.7 Å². The molecule has 0 atom stereocenters. The van der Waals surface area contributed by atoms with Crippen LogP contribution in [0.15, 0.2) is 6.20 Å². The van der Waals surface area contributed by atoms with Crippen molar-refractivity contribution in [2.24, 2.45) is 0 Å². The lowest BCUT2D eigenvalue weighted by atomic mass is 10.3. The van der Waals surface area contributed by atoms with Crippen molar-refractivity contribution in [2.45, 2.75) is 26.3 Å². The van der Waals surface area contributed by atoms with Gasteiger partial charge in [-0.2, -0.15) is 0 Å². The highest BCUT2D eigenvalue weighted by Gasteiger charge is 1.96. The maximum atomic E-state index is 5.14. The van der Waals surface area contributed by atoms with Crippen LogP contribution in [-0.4, -0.2) is 11.5 Å². The van der Waals surface area contributed by atoms with E-state index in [4.69, 9.17) is 6.42 Å². The van der Waals surface area contributed by atoms with Gasteiger partial charge in [-0.1, -0.05) is 0 Å². The van der Waals surface area contributed by atoms with Gasteiger partial charge in [0.05, 0.1) is 5.01 Å². The first-order chi connectivity index (χ1) is 6.33. The monoisotopic (exact) mass is 194 g/mol. The fourth-order valence-corrected chi connectivity index (χ4v) is 1.78. The number of nitrogens with one attached hydrogen (secondary N) is 1. The van der Waals surface area contributed by atoms with Gasteiger partial charge in [-0.05, 0) is 19.9 Å². The predicted octanol–water partition coefficient (Wildman–Crippen LogP) is 1.95. The molecule has 1 heterocycles. The number of aryl methyl sites for hydroxylation is 1. The number of thiazole rings is 1. The number of rotatable bonds is 5. The zero-order valence-electron chi connectivity index (χ0n) is 7.84. The number of nitrogens with zero attached hydrogens (tertiary/aromatic N) is 1. The zero-order valence-corrected chi connectivity index (χ0v) is 8.66. The molecule has 1 aromatic heterocycles. The highest BCUT2D eigenvalue weighted by molar-refractivity contribution is 7.11. The number of terminal acetylenes is 1. The molecule has 0 amide bonds. The molecular weight excluding hydrogens is 180 g/mol.